The lowest BCUT2D eigenvalue weighted by Gasteiger charge is -2.07. The summed E-state index contributed by atoms with van der Waals surface area (Å²) in [5.74, 6) is 0. The molecule has 0 saturated heterocycles. The van der Waals surface area contributed by atoms with Crippen molar-refractivity contribution in [1.29, 1.82) is 0 Å². The Kier molecular flexibility index (Phi) is 5.83. The minimum atomic E-state index is 0.773. The van der Waals surface area contributed by atoms with E-state index < -0.39 is 0 Å². The van der Waals surface area contributed by atoms with Gasteiger partial charge in [-0.05, 0) is 63.0 Å². The van der Waals surface area contributed by atoms with Crippen molar-refractivity contribution in [3.05, 3.63) is 51.8 Å². The van der Waals surface area contributed by atoms with Crippen LogP contribution in [0.4, 0.5) is 0 Å². The molecule has 4 heteroatoms. The predicted octanol–water partition coefficient (Wildman–Crippen LogP) is 3.74. The van der Waals surface area contributed by atoms with E-state index in [4.69, 9.17) is 11.6 Å². The first-order valence-corrected chi connectivity index (χ1v) is 7.97. The number of benzene rings is 1. The Labute approximate surface area is 132 Å². The molecule has 1 heterocycles. The van der Waals surface area contributed by atoms with Crippen LogP contribution in [0.1, 0.15) is 35.9 Å². The normalized spacial score (nSPS) is 11.0. The van der Waals surface area contributed by atoms with Crippen LogP contribution in [0.3, 0.4) is 0 Å². The highest BCUT2D eigenvalue weighted by Crippen LogP contribution is 2.17. The van der Waals surface area contributed by atoms with E-state index in [-0.39, 0.29) is 0 Å². The molecular weight excluding hydrogens is 282 g/mol. The Morgan fingerprint density at radius 2 is 2.05 bits per heavy atom. The second kappa shape index (κ2) is 7.62. The first-order chi connectivity index (χ1) is 10.1. The van der Waals surface area contributed by atoms with Gasteiger partial charge >= 0.3 is 0 Å². The molecule has 114 valence electrons. The molecule has 1 aromatic heterocycles. The van der Waals surface area contributed by atoms with Crippen molar-refractivity contribution in [1.82, 2.24) is 15.1 Å². The van der Waals surface area contributed by atoms with Crippen LogP contribution in [-0.4, -0.2) is 22.9 Å². The van der Waals surface area contributed by atoms with Gasteiger partial charge in [-0.2, -0.15) is 5.10 Å². The van der Waals surface area contributed by atoms with Crippen molar-refractivity contribution in [3.8, 4) is 0 Å². The summed E-state index contributed by atoms with van der Waals surface area (Å²) >= 11 is 6.05. The van der Waals surface area contributed by atoms with Gasteiger partial charge in [-0.15, -0.1) is 0 Å². The summed E-state index contributed by atoms with van der Waals surface area (Å²) in [5.41, 5.74) is 4.93. The van der Waals surface area contributed by atoms with Gasteiger partial charge in [0.2, 0.25) is 0 Å². The van der Waals surface area contributed by atoms with Crippen LogP contribution in [0.2, 0.25) is 5.02 Å². The van der Waals surface area contributed by atoms with Crippen LogP contribution < -0.4 is 5.32 Å². The lowest BCUT2D eigenvalue weighted by Crippen LogP contribution is -2.18. The maximum Gasteiger partial charge on any atom is 0.0663 e. The molecule has 1 aromatic carbocycles. The van der Waals surface area contributed by atoms with E-state index in [1.807, 2.05) is 18.2 Å². The Morgan fingerprint density at radius 1 is 1.24 bits per heavy atom. The maximum absolute atomic E-state index is 6.05. The Morgan fingerprint density at radius 3 is 2.76 bits per heavy atom. The third-order valence-corrected chi connectivity index (χ3v) is 3.97. The highest BCUT2D eigenvalue weighted by Gasteiger charge is 2.11. The molecule has 3 nitrogen and oxygen atoms in total. The van der Waals surface area contributed by atoms with Gasteiger partial charge in [-0.3, -0.25) is 4.68 Å². The number of nitrogens with one attached hydrogen (secondary N) is 1. The quantitative estimate of drug-likeness (QED) is 0.790. The third-order valence-electron chi connectivity index (χ3n) is 3.73. The summed E-state index contributed by atoms with van der Waals surface area (Å²) in [5, 5.41) is 8.91. The molecule has 0 fully saturated rings. The molecule has 0 aliphatic heterocycles. The Hall–Kier alpha value is -1.32. The van der Waals surface area contributed by atoms with Crippen molar-refractivity contribution in [2.45, 2.75) is 40.2 Å². The number of halogens is 1. The zero-order chi connectivity index (χ0) is 15.2. The first kappa shape index (κ1) is 16.1. The van der Waals surface area contributed by atoms with E-state index >= 15 is 0 Å². The largest absolute Gasteiger partial charge is 0.316 e. The smallest absolute Gasteiger partial charge is 0.0663 e. The van der Waals surface area contributed by atoms with Gasteiger partial charge in [0.15, 0.2) is 0 Å². The maximum atomic E-state index is 6.05. The topological polar surface area (TPSA) is 29.9 Å². The zero-order valence-corrected chi connectivity index (χ0v) is 13.9. The second-order valence-corrected chi connectivity index (χ2v) is 5.87. The molecular formula is C17H24ClN3. The number of aromatic nitrogens is 2. The van der Waals surface area contributed by atoms with Crippen LogP contribution >= 0.6 is 11.6 Å². The summed E-state index contributed by atoms with van der Waals surface area (Å²) in [6, 6.07) is 7.97. The van der Waals surface area contributed by atoms with Crippen LogP contribution in [0.25, 0.3) is 0 Å². The fraction of sp³-hybridized carbons (Fsp3) is 0.471. The van der Waals surface area contributed by atoms with Crippen molar-refractivity contribution in [2.24, 2.45) is 0 Å². The molecule has 0 atom stereocenters. The third kappa shape index (κ3) is 4.32. The lowest BCUT2D eigenvalue weighted by molar-refractivity contribution is 0.653. The Bertz CT molecular complexity index is 590. The van der Waals surface area contributed by atoms with E-state index in [1.54, 1.807) is 0 Å². The molecule has 0 spiro atoms. The number of hydrogen-bond acceptors (Lipinski definition) is 2. The van der Waals surface area contributed by atoms with Crippen molar-refractivity contribution in [3.63, 3.8) is 0 Å². The minimum Gasteiger partial charge on any atom is -0.316 e. The van der Waals surface area contributed by atoms with Gasteiger partial charge in [-0.1, -0.05) is 30.7 Å². The van der Waals surface area contributed by atoms with E-state index in [2.05, 4.69) is 41.9 Å². The molecule has 0 radical (unpaired) electrons. The molecule has 1 N–H and O–H groups in total. The van der Waals surface area contributed by atoms with Gasteiger partial charge in [0, 0.05) is 10.7 Å². The average Bonchev–Trinajstić information content (AvgIpc) is 2.70. The molecule has 0 bridgehead atoms. The van der Waals surface area contributed by atoms with Crippen molar-refractivity contribution in [2.75, 3.05) is 13.1 Å². The van der Waals surface area contributed by atoms with Gasteiger partial charge in [0.1, 0.15) is 0 Å². The van der Waals surface area contributed by atoms with E-state index in [0.29, 0.717) is 0 Å². The average molecular weight is 306 g/mol. The molecule has 0 amide bonds. The van der Waals surface area contributed by atoms with Gasteiger partial charge < -0.3 is 5.32 Å². The highest BCUT2D eigenvalue weighted by molar-refractivity contribution is 6.30. The van der Waals surface area contributed by atoms with Gasteiger partial charge in [0.05, 0.1) is 12.2 Å². The monoisotopic (exact) mass is 305 g/mol. The SMILES string of the molecule is CCCNCCc1c(C)nn(Cc2cccc(Cl)c2)c1C. The van der Waals surface area contributed by atoms with Crippen molar-refractivity contribution < 1.29 is 0 Å². The van der Waals surface area contributed by atoms with Crippen LogP contribution in [0.15, 0.2) is 24.3 Å². The fourth-order valence-electron chi connectivity index (χ4n) is 2.57. The fourth-order valence-corrected chi connectivity index (χ4v) is 2.79. The molecule has 0 aliphatic carbocycles. The summed E-state index contributed by atoms with van der Waals surface area (Å²) < 4.78 is 2.08. The molecule has 21 heavy (non-hydrogen) atoms. The minimum absolute atomic E-state index is 0.773. The van der Waals surface area contributed by atoms with Crippen molar-refractivity contribution >= 4 is 11.6 Å². The number of hydrogen-bond donors (Lipinski definition) is 1. The van der Waals surface area contributed by atoms with E-state index in [9.17, 15) is 0 Å². The molecule has 2 rings (SSSR count). The van der Waals surface area contributed by atoms with Gasteiger partial charge in [0.25, 0.3) is 0 Å². The lowest BCUT2D eigenvalue weighted by atomic mass is 10.1. The van der Waals surface area contributed by atoms with Crippen LogP contribution in [0, 0.1) is 13.8 Å². The van der Waals surface area contributed by atoms with E-state index in [0.717, 1.165) is 36.8 Å². The molecule has 0 unspecified atom stereocenters. The summed E-state index contributed by atoms with van der Waals surface area (Å²) in [7, 11) is 0. The molecule has 2 aromatic rings. The number of rotatable bonds is 7. The standard InChI is InChI=1S/C17H24ClN3/c1-4-9-19-10-8-17-13(2)20-21(14(17)3)12-15-6-5-7-16(18)11-15/h5-7,11,19H,4,8-10,12H2,1-3H3. The summed E-state index contributed by atoms with van der Waals surface area (Å²) in [6.45, 7) is 9.30. The molecule has 0 aliphatic rings. The summed E-state index contributed by atoms with van der Waals surface area (Å²) in [6.07, 6.45) is 2.21. The van der Waals surface area contributed by atoms with Gasteiger partial charge in [-0.25, -0.2) is 0 Å². The second-order valence-electron chi connectivity index (χ2n) is 5.44. The number of nitrogens with zero attached hydrogens (tertiary/aromatic N) is 2. The van der Waals surface area contributed by atoms with Crippen LogP contribution in [0.5, 0.6) is 0 Å². The first-order valence-electron chi connectivity index (χ1n) is 7.60. The van der Waals surface area contributed by atoms with Crippen LogP contribution in [-0.2, 0) is 13.0 Å². The number of aryl methyl sites for hydroxylation is 1. The predicted molar refractivity (Wildman–Crippen MR) is 89.1 cm³/mol. The Balaban J connectivity index is 2.07. The zero-order valence-electron chi connectivity index (χ0n) is 13.1. The highest BCUT2D eigenvalue weighted by atomic mass is 35.5. The summed E-state index contributed by atoms with van der Waals surface area (Å²) in [4.78, 5) is 0. The van der Waals surface area contributed by atoms with E-state index in [1.165, 1.54) is 23.2 Å². The molecule has 0 saturated carbocycles.